The van der Waals surface area contributed by atoms with E-state index in [0.717, 1.165) is 25.7 Å². The number of hydrogen-bond donors (Lipinski definition) is 1. The molecular weight excluding hydrogens is 464 g/mol. The standard InChI is InChI=1S/C36H70O2/c1-3-5-7-9-11-13-15-17-19-21-23-25-27-29-31-33-35(37)36(38)34-32-30-28-26-24-22-20-18-16-14-12-10-8-6-4-2/h17,19,36,38H,3-16,18,20-34H2,1-2H3. The average molecular weight is 535 g/mol. The zero-order valence-electron chi connectivity index (χ0n) is 26.3. The first kappa shape index (κ1) is 37.4. The molecule has 0 radical (unpaired) electrons. The summed E-state index contributed by atoms with van der Waals surface area (Å²) < 4.78 is 0. The molecule has 0 saturated carbocycles. The number of Topliss-reactive ketones (excluding diaryl/α,β-unsaturated/α-hetero) is 1. The van der Waals surface area contributed by atoms with Crippen LogP contribution < -0.4 is 0 Å². The summed E-state index contributed by atoms with van der Waals surface area (Å²) >= 11 is 0. The third-order valence-corrected chi connectivity index (χ3v) is 8.14. The summed E-state index contributed by atoms with van der Waals surface area (Å²) in [5.74, 6) is 0.0768. The van der Waals surface area contributed by atoms with Crippen LogP contribution in [0.5, 0.6) is 0 Å². The number of ketones is 1. The largest absolute Gasteiger partial charge is 0.385 e. The van der Waals surface area contributed by atoms with Crippen molar-refractivity contribution in [1.82, 2.24) is 0 Å². The second kappa shape index (κ2) is 32.6. The van der Waals surface area contributed by atoms with Gasteiger partial charge in [0.05, 0.1) is 0 Å². The molecule has 0 aliphatic heterocycles. The first-order chi connectivity index (χ1) is 18.7. The fraction of sp³-hybridized carbons (Fsp3) is 0.917. The van der Waals surface area contributed by atoms with E-state index in [1.54, 1.807) is 0 Å². The number of carbonyl (C=O) groups is 1. The summed E-state index contributed by atoms with van der Waals surface area (Å²) in [5, 5.41) is 10.2. The molecule has 0 bridgehead atoms. The maximum absolute atomic E-state index is 12.2. The van der Waals surface area contributed by atoms with Crippen molar-refractivity contribution in [3.05, 3.63) is 12.2 Å². The lowest BCUT2D eigenvalue weighted by molar-refractivity contribution is -0.127. The first-order valence-electron chi connectivity index (χ1n) is 17.6. The summed E-state index contributed by atoms with van der Waals surface area (Å²) in [6.45, 7) is 4.56. The van der Waals surface area contributed by atoms with E-state index in [1.165, 1.54) is 154 Å². The van der Waals surface area contributed by atoms with Gasteiger partial charge in [0.2, 0.25) is 0 Å². The Morgan fingerprint density at radius 1 is 0.474 bits per heavy atom. The third-order valence-electron chi connectivity index (χ3n) is 8.14. The molecule has 226 valence electrons. The van der Waals surface area contributed by atoms with Gasteiger partial charge in [0.1, 0.15) is 6.10 Å². The van der Waals surface area contributed by atoms with Gasteiger partial charge < -0.3 is 5.11 Å². The van der Waals surface area contributed by atoms with Crippen molar-refractivity contribution in [2.75, 3.05) is 0 Å². The van der Waals surface area contributed by atoms with Crippen LogP contribution in [0.3, 0.4) is 0 Å². The van der Waals surface area contributed by atoms with Crippen LogP contribution in [0.15, 0.2) is 12.2 Å². The second-order valence-electron chi connectivity index (χ2n) is 12.1. The molecular formula is C36H70O2. The fourth-order valence-corrected chi connectivity index (χ4v) is 5.41. The second-order valence-corrected chi connectivity index (χ2v) is 12.1. The van der Waals surface area contributed by atoms with E-state index in [9.17, 15) is 9.90 Å². The lowest BCUT2D eigenvalue weighted by atomic mass is 10.0. The molecule has 0 fully saturated rings. The molecule has 1 atom stereocenters. The Morgan fingerprint density at radius 3 is 1.18 bits per heavy atom. The van der Waals surface area contributed by atoms with Crippen molar-refractivity contribution in [3.8, 4) is 0 Å². The highest BCUT2D eigenvalue weighted by molar-refractivity contribution is 5.82. The first-order valence-corrected chi connectivity index (χ1v) is 17.6. The summed E-state index contributed by atoms with van der Waals surface area (Å²) in [7, 11) is 0. The smallest absolute Gasteiger partial charge is 0.161 e. The molecule has 0 aromatic carbocycles. The van der Waals surface area contributed by atoms with Crippen LogP contribution in [0.25, 0.3) is 0 Å². The van der Waals surface area contributed by atoms with Gasteiger partial charge in [0.15, 0.2) is 5.78 Å². The Hall–Kier alpha value is -0.630. The molecule has 0 aromatic heterocycles. The minimum Gasteiger partial charge on any atom is -0.385 e. The van der Waals surface area contributed by atoms with E-state index in [1.807, 2.05) is 0 Å². The predicted molar refractivity (Wildman–Crippen MR) is 170 cm³/mol. The van der Waals surface area contributed by atoms with E-state index in [0.29, 0.717) is 12.8 Å². The van der Waals surface area contributed by atoms with E-state index < -0.39 is 6.10 Å². The number of carbonyl (C=O) groups excluding carboxylic acids is 1. The molecule has 38 heavy (non-hydrogen) atoms. The van der Waals surface area contributed by atoms with Crippen molar-refractivity contribution in [1.29, 1.82) is 0 Å². The SMILES string of the molecule is CCCCCCCCC=CCCCCCCCC(=O)C(O)CCCCCCCCCCCCCCCCC. The molecule has 0 amide bonds. The maximum Gasteiger partial charge on any atom is 0.161 e. The van der Waals surface area contributed by atoms with E-state index >= 15 is 0 Å². The number of unbranched alkanes of at least 4 members (excludes halogenated alkanes) is 25. The maximum atomic E-state index is 12.2. The van der Waals surface area contributed by atoms with Crippen molar-refractivity contribution in [2.45, 2.75) is 213 Å². The normalized spacial score (nSPS) is 12.5. The lowest BCUT2D eigenvalue weighted by Gasteiger charge is -2.09. The van der Waals surface area contributed by atoms with Gasteiger partial charge >= 0.3 is 0 Å². The van der Waals surface area contributed by atoms with Gasteiger partial charge in [0.25, 0.3) is 0 Å². The number of allylic oxidation sites excluding steroid dienone is 2. The van der Waals surface area contributed by atoms with Gasteiger partial charge in [-0.25, -0.2) is 0 Å². The van der Waals surface area contributed by atoms with Gasteiger partial charge in [-0.1, -0.05) is 174 Å². The molecule has 1 unspecified atom stereocenters. The van der Waals surface area contributed by atoms with Crippen molar-refractivity contribution < 1.29 is 9.90 Å². The zero-order chi connectivity index (χ0) is 27.8. The molecule has 0 spiro atoms. The van der Waals surface area contributed by atoms with Gasteiger partial charge in [-0.2, -0.15) is 0 Å². The summed E-state index contributed by atoms with van der Waals surface area (Å²) in [6, 6.07) is 0. The zero-order valence-corrected chi connectivity index (χ0v) is 26.3. The number of rotatable bonds is 32. The van der Waals surface area contributed by atoms with Gasteiger partial charge in [-0.3, -0.25) is 4.79 Å². The molecule has 2 nitrogen and oxygen atoms in total. The van der Waals surface area contributed by atoms with Crippen LogP contribution in [0.1, 0.15) is 206 Å². The molecule has 1 N–H and O–H groups in total. The molecule has 0 aliphatic carbocycles. The predicted octanol–water partition coefficient (Wildman–Crippen LogP) is 12.2. The van der Waals surface area contributed by atoms with Crippen LogP contribution in [0.4, 0.5) is 0 Å². The quantitative estimate of drug-likeness (QED) is 0.0688. The number of aliphatic hydroxyl groups is 1. The third kappa shape index (κ3) is 29.9. The highest BCUT2D eigenvalue weighted by atomic mass is 16.3. The van der Waals surface area contributed by atoms with Crippen LogP contribution in [-0.4, -0.2) is 17.0 Å². The molecule has 0 rings (SSSR count). The van der Waals surface area contributed by atoms with E-state index in [2.05, 4.69) is 26.0 Å². The molecule has 0 aliphatic rings. The highest BCUT2D eigenvalue weighted by Gasteiger charge is 2.13. The highest BCUT2D eigenvalue weighted by Crippen LogP contribution is 2.15. The Balaban J connectivity index is 3.32. The van der Waals surface area contributed by atoms with Crippen LogP contribution in [0.2, 0.25) is 0 Å². The van der Waals surface area contributed by atoms with Gasteiger partial charge in [0, 0.05) is 6.42 Å². The Bertz CT molecular complexity index is 484. The van der Waals surface area contributed by atoms with Crippen molar-refractivity contribution >= 4 is 5.78 Å². The average Bonchev–Trinajstić information content (AvgIpc) is 2.92. The minimum absolute atomic E-state index is 0.0768. The molecule has 0 saturated heterocycles. The summed E-state index contributed by atoms with van der Waals surface area (Å²) in [4.78, 5) is 12.2. The van der Waals surface area contributed by atoms with E-state index in [4.69, 9.17) is 0 Å². The van der Waals surface area contributed by atoms with Gasteiger partial charge in [-0.15, -0.1) is 0 Å². The van der Waals surface area contributed by atoms with Crippen LogP contribution >= 0.6 is 0 Å². The lowest BCUT2D eigenvalue weighted by Crippen LogP contribution is -2.19. The van der Waals surface area contributed by atoms with Gasteiger partial charge in [-0.05, 0) is 38.5 Å². The monoisotopic (exact) mass is 535 g/mol. The Labute approximate surface area is 240 Å². The topological polar surface area (TPSA) is 37.3 Å². The summed E-state index contributed by atoms with van der Waals surface area (Å²) in [5.41, 5.74) is 0. The van der Waals surface area contributed by atoms with Crippen LogP contribution in [-0.2, 0) is 4.79 Å². The van der Waals surface area contributed by atoms with E-state index in [-0.39, 0.29) is 5.78 Å². The number of aliphatic hydroxyl groups excluding tert-OH is 1. The minimum atomic E-state index is -0.714. The van der Waals surface area contributed by atoms with Crippen LogP contribution in [0, 0.1) is 0 Å². The van der Waals surface area contributed by atoms with Crippen molar-refractivity contribution in [2.24, 2.45) is 0 Å². The number of hydrogen-bond acceptors (Lipinski definition) is 2. The molecule has 0 heterocycles. The molecule has 0 aromatic rings. The Kier molecular flexibility index (Phi) is 32.0. The van der Waals surface area contributed by atoms with Crippen molar-refractivity contribution in [3.63, 3.8) is 0 Å². The fourth-order valence-electron chi connectivity index (χ4n) is 5.41. The Morgan fingerprint density at radius 2 is 0.789 bits per heavy atom. The molecule has 2 heteroatoms. The summed E-state index contributed by atoms with van der Waals surface area (Å²) in [6.07, 6.45) is 42.0.